The summed E-state index contributed by atoms with van der Waals surface area (Å²) >= 11 is 0. The fourth-order valence-corrected chi connectivity index (χ4v) is 11.8. The van der Waals surface area contributed by atoms with Crippen LogP contribution in [0.1, 0.15) is 128 Å². The lowest BCUT2D eigenvalue weighted by Gasteiger charge is -2.31. The lowest BCUT2D eigenvalue weighted by molar-refractivity contribution is -0.143. The van der Waals surface area contributed by atoms with E-state index >= 15 is 0 Å². The summed E-state index contributed by atoms with van der Waals surface area (Å²) in [6, 6.07) is -13.5. The number of guanidine groups is 2. The molecule has 15 atom stereocenters. The zero-order chi connectivity index (χ0) is 88.6. The van der Waals surface area contributed by atoms with E-state index in [1.165, 1.54) is 48.2 Å². The minimum absolute atomic E-state index is 0.00972. The van der Waals surface area contributed by atoms with Crippen molar-refractivity contribution in [3.05, 3.63) is 59.7 Å². The number of aliphatic carboxylic acids is 4. The van der Waals surface area contributed by atoms with E-state index in [9.17, 15) is 127 Å². The third-order valence-corrected chi connectivity index (χ3v) is 18.2. The van der Waals surface area contributed by atoms with Crippen LogP contribution in [0.3, 0.4) is 0 Å². The second kappa shape index (κ2) is 50.7. The number of carboxylic acid groups (broad SMARTS) is 4. The zero-order valence-corrected chi connectivity index (χ0v) is 64.8. The molecule has 0 spiro atoms. The summed E-state index contributed by atoms with van der Waals surface area (Å²) in [6.07, 6.45) is -9.82. The fourth-order valence-electron chi connectivity index (χ4n) is 11.8. The number of phenolic OH excluding ortho intramolecular Hbond substituents is 2. The first-order chi connectivity index (χ1) is 55.5. The van der Waals surface area contributed by atoms with Crippen LogP contribution in [0.2, 0.25) is 0 Å². The quantitative estimate of drug-likeness (QED) is 0.0166. The monoisotopic (exact) mass is 1670 g/mol. The van der Waals surface area contributed by atoms with Crippen molar-refractivity contribution in [2.75, 3.05) is 32.8 Å². The van der Waals surface area contributed by atoms with E-state index in [0.717, 1.165) is 19.1 Å². The number of nitrogens with zero attached hydrogens (tertiary/aromatic N) is 1. The molecule has 0 unspecified atom stereocenters. The number of phenols is 2. The van der Waals surface area contributed by atoms with Gasteiger partial charge in [-0.2, -0.15) is 0 Å². The standard InChI is InChI=1S/C71H109N21O26/c1-34(94)55(74)66(114)85-44(8-3-4-26-72)68(116)92-29-7-11-50(92)65(113)84-40(9-5-27-79-70(75)76)57(105)82-42(21-24-52(99)100)59(107)83-43(22-25-53(101)102)58(106)81-41(20-23-51(73)98)60(108)87-46(30-36-12-16-38(96)17-13-36)62(110)88-48(32-54(103)104)63(111)90-49(33-93)64(112)91-56(35(2)95)67(115)89-47(31-37-14-18-39(97)19-15-37)61(109)86-45(69(117)118)10-6-28-80-71(77)78/h12-19,34-35,40-50,55-56,93-97H,3-11,20-33,72,74H2,1-2H3,(H2,73,98)(H,81,106)(H,82,105)(H,83,107)(H,84,113)(H,85,114)(H,86,109)(H,87,108)(H,88,110)(H,89,115)(H,90,111)(H,91,112)(H,99,100)(H,101,102)(H,103,104)(H,117,118)(H4,75,76,79)(H4,77,78,80)/t34-,35-,40+,41+,42+,43+,44+,45+,46+,47+,48+,49+,50+,55+,56+/m1/s1. The number of aliphatic hydroxyl groups excluding tert-OH is 3. The van der Waals surface area contributed by atoms with Gasteiger partial charge in [-0.3, -0.25) is 87.5 Å². The van der Waals surface area contributed by atoms with Crippen LogP contribution in [0.15, 0.2) is 48.5 Å². The van der Waals surface area contributed by atoms with Crippen LogP contribution in [0.25, 0.3) is 0 Å². The Morgan fingerprint density at radius 1 is 0.449 bits per heavy atom. The number of hydrogen-bond donors (Lipinski definition) is 29. The molecule has 0 aromatic heterocycles. The van der Waals surface area contributed by atoms with Crippen molar-refractivity contribution >= 4 is 113 Å². The number of aromatic hydroxyl groups is 2. The number of primary amides is 1. The molecule has 0 bridgehead atoms. The molecule has 118 heavy (non-hydrogen) atoms. The Morgan fingerprint density at radius 2 is 0.831 bits per heavy atom. The first kappa shape index (κ1) is 99.6. The minimum atomic E-state index is -2.27. The van der Waals surface area contributed by atoms with Crippen molar-refractivity contribution in [3.63, 3.8) is 0 Å². The maximum atomic E-state index is 14.6. The van der Waals surface area contributed by atoms with Gasteiger partial charge in [-0.1, -0.05) is 24.3 Å². The van der Waals surface area contributed by atoms with Gasteiger partial charge in [-0.25, -0.2) is 4.79 Å². The van der Waals surface area contributed by atoms with Gasteiger partial charge in [-0.05, 0) is 133 Å². The lowest BCUT2D eigenvalue weighted by atomic mass is 10.0. The largest absolute Gasteiger partial charge is 0.508 e. The zero-order valence-electron chi connectivity index (χ0n) is 64.8. The summed E-state index contributed by atoms with van der Waals surface area (Å²) in [5.41, 5.74) is 28.1. The topological polar surface area (TPSA) is 810 Å². The third kappa shape index (κ3) is 36.0. The molecule has 47 heteroatoms. The van der Waals surface area contributed by atoms with Gasteiger partial charge in [0.2, 0.25) is 76.8 Å². The van der Waals surface area contributed by atoms with Gasteiger partial charge in [-0.15, -0.1) is 0 Å². The molecule has 654 valence electrons. The Kier molecular flexibility index (Phi) is 42.7. The molecule has 1 fully saturated rings. The van der Waals surface area contributed by atoms with Crippen LogP contribution < -0.4 is 97.8 Å². The van der Waals surface area contributed by atoms with Gasteiger partial charge in [0.25, 0.3) is 0 Å². The first-order valence-corrected chi connectivity index (χ1v) is 37.5. The maximum Gasteiger partial charge on any atom is 0.326 e. The molecular formula is C71H109N21O26. The van der Waals surface area contributed by atoms with Gasteiger partial charge >= 0.3 is 23.9 Å². The van der Waals surface area contributed by atoms with Crippen LogP contribution in [0.4, 0.5) is 0 Å². The second-order valence-corrected chi connectivity index (χ2v) is 27.8. The molecule has 3 rings (SSSR count). The summed E-state index contributed by atoms with van der Waals surface area (Å²) in [5.74, 6) is -23.6. The van der Waals surface area contributed by atoms with Crippen LogP contribution in [-0.4, -0.2) is 287 Å². The lowest BCUT2D eigenvalue weighted by Crippen LogP contribution is -2.62. The molecule has 2 aromatic carbocycles. The van der Waals surface area contributed by atoms with Crippen LogP contribution >= 0.6 is 0 Å². The number of nitrogens with one attached hydrogen (secondary N) is 15. The number of nitrogens with two attached hydrogens (primary N) is 5. The number of hydrogen-bond acceptors (Lipinski definition) is 26. The Balaban J connectivity index is 2.00. The van der Waals surface area contributed by atoms with Gasteiger partial charge in [0, 0.05) is 51.7 Å². The number of rotatable bonds is 54. The molecule has 0 saturated carbocycles. The van der Waals surface area contributed by atoms with Crippen molar-refractivity contribution in [3.8, 4) is 11.5 Å². The molecule has 1 aliphatic rings. The van der Waals surface area contributed by atoms with Gasteiger partial charge in [0.15, 0.2) is 11.9 Å². The van der Waals surface area contributed by atoms with Gasteiger partial charge in [0.1, 0.15) is 90.0 Å². The van der Waals surface area contributed by atoms with Crippen molar-refractivity contribution < 1.29 is 127 Å². The molecule has 0 radical (unpaired) electrons. The highest BCUT2D eigenvalue weighted by molar-refractivity contribution is 6.01. The summed E-state index contributed by atoms with van der Waals surface area (Å²) in [7, 11) is 0. The predicted molar refractivity (Wildman–Crippen MR) is 411 cm³/mol. The number of carbonyl (C=O) groups is 17. The Bertz CT molecular complexity index is 3840. The fraction of sp³-hybridized carbons (Fsp3) is 0.563. The van der Waals surface area contributed by atoms with Crippen molar-refractivity contribution in [2.24, 2.45) is 28.7 Å². The van der Waals surface area contributed by atoms with Crippen molar-refractivity contribution in [2.45, 2.75) is 220 Å². The van der Waals surface area contributed by atoms with E-state index in [1.807, 2.05) is 5.32 Å². The number of unbranched alkanes of at least 4 members (excludes halogenated alkanes) is 1. The number of carbonyl (C=O) groups excluding carboxylic acids is 13. The molecule has 13 amide bonds. The average Bonchev–Trinajstić information content (AvgIpc) is 1.62. The summed E-state index contributed by atoms with van der Waals surface area (Å²) in [5, 5.41) is 136. The van der Waals surface area contributed by atoms with Gasteiger partial charge < -0.3 is 149 Å². The van der Waals surface area contributed by atoms with E-state index in [2.05, 4.69) is 63.8 Å². The average molecular weight is 1670 g/mol. The van der Waals surface area contributed by atoms with Crippen LogP contribution in [0, 0.1) is 10.8 Å². The highest BCUT2D eigenvalue weighted by atomic mass is 16.4. The summed E-state index contributed by atoms with van der Waals surface area (Å²) in [4.78, 5) is 232. The third-order valence-electron chi connectivity index (χ3n) is 18.2. The number of likely N-dealkylation sites (tertiary alicyclic amines) is 1. The maximum absolute atomic E-state index is 14.6. The highest BCUT2D eigenvalue weighted by Crippen LogP contribution is 2.22. The van der Waals surface area contributed by atoms with E-state index in [-0.39, 0.29) is 93.8 Å². The second-order valence-electron chi connectivity index (χ2n) is 27.8. The minimum Gasteiger partial charge on any atom is -0.508 e. The molecule has 1 heterocycles. The van der Waals surface area contributed by atoms with E-state index < -0.39 is 268 Å². The molecule has 0 aliphatic carbocycles. The van der Waals surface area contributed by atoms with Crippen molar-refractivity contribution in [1.82, 2.24) is 74.0 Å². The van der Waals surface area contributed by atoms with Gasteiger partial charge in [0.05, 0.1) is 25.2 Å². The van der Waals surface area contributed by atoms with E-state index in [0.29, 0.717) is 12.8 Å². The molecule has 1 aliphatic heterocycles. The SMILES string of the molecule is C[C@@H](O)[C@H](N)C(=O)N[C@@H](CCCCN)C(=O)N1CCC[C@H]1C(=O)N[C@@H](CCCNC(=N)N)C(=O)N[C@@H](CCC(=O)O)C(=O)N[C@@H](CCC(=O)O)C(=O)N[C@@H](CCC(N)=O)C(=O)N[C@@H](Cc1ccc(O)cc1)C(=O)N[C@@H](CC(=O)O)C(=O)N[C@@H](CO)C(=O)N[C@H](C(=O)N[C@@H](Cc1ccc(O)cc1)C(=O)N[C@@H](CCCNC(=N)N)C(=O)O)[C@@H](C)O. The molecular weight excluding hydrogens is 1560 g/mol. The smallest absolute Gasteiger partial charge is 0.326 e. The summed E-state index contributed by atoms with van der Waals surface area (Å²) < 4.78 is 0. The molecule has 2 aromatic rings. The molecule has 34 N–H and O–H groups in total. The van der Waals surface area contributed by atoms with Crippen LogP contribution in [0.5, 0.6) is 11.5 Å². The Labute approximate surface area is 675 Å². The molecule has 47 nitrogen and oxygen atoms in total. The number of amides is 13. The number of benzene rings is 2. The highest BCUT2D eigenvalue weighted by Gasteiger charge is 2.42. The first-order valence-electron chi connectivity index (χ1n) is 37.5. The van der Waals surface area contributed by atoms with Crippen molar-refractivity contribution in [1.29, 1.82) is 10.8 Å². The number of aliphatic hydroxyl groups is 3. The van der Waals surface area contributed by atoms with Crippen LogP contribution in [-0.2, 0) is 94.3 Å². The normalized spacial score (nSPS) is 15.9. The predicted octanol–water partition coefficient (Wildman–Crippen LogP) is -9.50. The number of carboxylic acids is 4. The van der Waals surface area contributed by atoms with E-state index in [4.69, 9.17) is 39.5 Å². The summed E-state index contributed by atoms with van der Waals surface area (Å²) in [6.45, 7) is 1.08. The molecule has 1 saturated heterocycles. The van der Waals surface area contributed by atoms with E-state index in [1.54, 1.807) is 0 Å². The Morgan fingerprint density at radius 3 is 1.25 bits per heavy atom. The Hall–Kier alpha value is -12.6.